The molecule has 3 rings (SSSR count). The molecule has 154 valence electrons. The van der Waals surface area contributed by atoms with Gasteiger partial charge in [0.2, 0.25) is 0 Å². The first-order valence-corrected chi connectivity index (χ1v) is 10.8. The monoisotopic (exact) mass is 421 g/mol. The Morgan fingerprint density at radius 2 is 2.00 bits per heavy atom. The van der Waals surface area contributed by atoms with Gasteiger partial charge in [0.05, 0.1) is 11.9 Å². The van der Waals surface area contributed by atoms with Gasteiger partial charge in [-0.1, -0.05) is 13.0 Å². The Labute approximate surface area is 167 Å². The quantitative estimate of drug-likeness (QED) is 0.748. The zero-order valence-corrected chi connectivity index (χ0v) is 16.8. The second-order valence-corrected chi connectivity index (χ2v) is 9.47. The minimum Gasteiger partial charge on any atom is -0.386 e. The van der Waals surface area contributed by atoms with E-state index in [2.05, 4.69) is 9.98 Å². The minimum atomic E-state index is -3.61. The van der Waals surface area contributed by atoms with Crippen molar-refractivity contribution in [2.75, 3.05) is 5.75 Å². The summed E-state index contributed by atoms with van der Waals surface area (Å²) in [4.78, 5) is 20.5. The third-order valence-electron chi connectivity index (χ3n) is 4.98. The highest BCUT2D eigenvalue weighted by molar-refractivity contribution is 7.92. The molecule has 2 atom stereocenters. The highest BCUT2D eigenvalue weighted by Crippen LogP contribution is 2.35. The number of benzene rings is 1. The van der Waals surface area contributed by atoms with Gasteiger partial charge < -0.3 is 5.73 Å². The normalized spacial score (nSPS) is 23.4. The number of hydrogen-bond acceptors (Lipinski definition) is 6. The van der Waals surface area contributed by atoms with Gasteiger partial charge >= 0.3 is 0 Å². The Bertz CT molecular complexity index is 1080. The van der Waals surface area contributed by atoms with Crippen LogP contribution in [0.4, 0.5) is 8.78 Å². The number of aromatic nitrogens is 1. The number of nitrogens with two attached hydrogens (primary N) is 1. The molecule has 0 fully saturated rings. The summed E-state index contributed by atoms with van der Waals surface area (Å²) in [5, 5.41) is -0.882. The van der Waals surface area contributed by atoms with Crippen molar-refractivity contribution in [1.82, 2.24) is 4.98 Å². The number of halogens is 2. The van der Waals surface area contributed by atoms with Gasteiger partial charge in [-0.25, -0.2) is 17.2 Å². The Hall–Kier alpha value is -2.68. The number of nitrogens with zero attached hydrogens (tertiary/aromatic N) is 2. The summed E-state index contributed by atoms with van der Waals surface area (Å²) in [6.07, 6.45) is 1.12. The smallest absolute Gasteiger partial charge is 0.185 e. The number of ketones is 1. The molecule has 0 saturated heterocycles. The van der Waals surface area contributed by atoms with Crippen molar-refractivity contribution < 1.29 is 22.0 Å². The standard InChI is InChI=1S/C20H21F2N3O3S/c1-3-18-19(23)25-20(2,11-29(18,27)28)14-8-12(4-6-15(14)22)9-17(26)16-7-5-13(21)10-24-16/h4-8,10,18H,3,9,11H2,1-2H3,(H2,23,25)/t18?,20-/m0/s1. The van der Waals surface area contributed by atoms with Gasteiger partial charge in [-0.15, -0.1) is 0 Å². The molecular formula is C20H21F2N3O3S. The number of pyridine rings is 1. The Kier molecular flexibility index (Phi) is 5.53. The van der Waals surface area contributed by atoms with Crippen molar-refractivity contribution in [2.45, 2.75) is 37.5 Å². The van der Waals surface area contributed by atoms with Crippen LogP contribution in [-0.2, 0) is 21.8 Å². The number of Topliss-reactive ketones (excluding diaryl/α,β-unsaturated/α-hetero) is 1. The van der Waals surface area contributed by atoms with Crippen LogP contribution in [0.1, 0.15) is 41.9 Å². The fraction of sp³-hybridized carbons (Fsp3) is 0.350. The average molecular weight is 421 g/mol. The highest BCUT2D eigenvalue weighted by atomic mass is 32.2. The van der Waals surface area contributed by atoms with Gasteiger partial charge in [0, 0.05) is 12.0 Å². The molecule has 0 spiro atoms. The van der Waals surface area contributed by atoms with Crippen molar-refractivity contribution in [3.63, 3.8) is 0 Å². The molecule has 2 heterocycles. The van der Waals surface area contributed by atoms with Gasteiger partial charge in [0.25, 0.3) is 0 Å². The molecular weight excluding hydrogens is 400 g/mol. The predicted molar refractivity (Wildman–Crippen MR) is 105 cm³/mol. The topological polar surface area (TPSA) is 102 Å². The summed E-state index contributed by atoms with van der Waals surface area (Å²) >= 11 is 0. The predicted octanol–water partition coefficient (Wildman–Crippen LogP) is 2.56. The van der Waals surface area contributed by atoms with Crippen molar-refractivity contribution in [3.8, 4) is 0 Å². The van der Waals surface area contributed by atoms with E-state index in [1.54, 1.807) is 6.92 Å². The molecule has 0 aliphatic carbocycles. The van der Waals surface area contributed by atoms with E-state index in [9.17, 15) is 22.0 Å². The van der Waals surface area contributed by atoms with Crippen molar-refractivity contribution in [2.24, 2.45) is 10.7 Å². The molecule has 0 saturated carbocycles. The molecule has 1 unspecified atom stereocenters. The van der Waals surface area contributed by atoms with Gasteiger partial charge in [-0.2, -0.15) is 0 Å². The summed E-state index contributed by atoms with van der Waals surface area (Å²) in [5.41, 5.74) is 5.09. The molecule has 0 radical (unpaired) electrons. The number of carbonyl (C=O) groups is 1. The lowest BCUT2D eigenvalue weighted by Gasteiger charge is -2.34. The molecule has 29 heavy (non-hydrogen) atoms. The second kappa shape index (κ2) is 7.62. The highest BCUT2D eigenvalue weighted by Gasteiger charge is 2.43. The fourth-order valence-electron chi connectivity index (χ4n) is 3.58. The summed E-state index contributed by atoms with van der Waals surface area (Å²) in [6, 6.07) is 6.43. The second-order valence-electron chi connectivity index (χ2n) is 7.29. The first-order valence-electron chi connectivity index (χ1n) is 9.06. The molecule has 1 aliphatic heterocycles. The average Bonchev–Trinajstić information content (AvgIpc) is 2.62. The molecule has 2 N–H and O–H groups in total. The van der Waals surface area contributed by atoms with E-state index in [0.29, 0.717) is 5.56 Å². The number of hydrogen-bond donors (Lipinski definition) is 1. The summed E-state index contributed by atoms with van der Waals surface area (Å²) in [6.45, 7) is 3.21. The van der Waals surface area contributed by atoms with Crippen LogP contribution in [-0.4, -0.2) is 36.0 Å². The minimum absolute atomic E-state index is 0.0439. The Morgan fingerprint density at radius 1 is 1.28 bits per heavy atom. The Balaban J connectivity index is 1.96. The van der Waals surface area contributed by atoms with Crippen LogP contribution < -0.4 is 5.73 Å². The lowest BCUT2D eigenvalue weighted by Crippen LogP contribution is -2.48. The number of sulfone groups is 1. The van der Waals surface area contributed by atoms with E-state index in [4.69, 9.17) is 5.73 Å². The first-order chi connectivity index (χ1) is 13.6. The fourth-order valence-corrected chi connectivity index (χ4v) is 5.71. The zero-order chi connectivity index (χ0) is 21.4. The van der Waals surface area contributed by atoms with Crippen LogP contribution in [0.15, 0.2) is 41.5 Å². The molecule has 6 nitrogen and oxygen atoms in total. The maximum Gasteiger partial charge on any atom is 0.185 e. The van der Waals surface area contributed by atoms with E-state index in [-0.39, 0.29) is 41.5 Å². The maximum absolute atomic E-state index is 14.6. The van der Waals surface area contributed by atoms with Crippen molar-refractivity contribution in [1.29, 1.82) is 0 Å². The van der Waals surface area contributed by atoms with Gasteiger partial charge in [-0.05, 0) is 43.2 Å². The third kappa shape index (κ3) is 4.19. The van der Waals surface area contributed by atoms with Crippen LogP contribution in [0.3, 0.4) is 0 Å². The van der Waals surface area contributed by atoms with Gasteiger partial charge in [0.1, 0.15) is 34.0 Å². The van der Waals surface area contributed by atoms with Crippen LogP contribution in [0.5, 0.6) is 0 Å². The van der Waals surface area contributed by atoms with Crippen LogP contribution >= 0.6 is 0 Å². The Morgan fingerprint density at radius 3 is 2.59 bits per heavy atom. The van der Waals surface area contributed by atoms with Gasteiger partial charge in [0.15, 0.2) is 15.6 Å². The van der Waals surface area contributed by atoms with Gasteiger partial charge in [-0.3, -0.25) is 14.8 Å². The lowest BCUT2D eigenvalue weighted by molar-refractivity contribution is 0.0988. The summed E-state index contributed by atoms with van der Waals surface area (Å²) in [7, 11) is -3.61. The molecule has 1 aliphatic rings. The SMILES string of the molecule is CCC1C(N)=N[C@](C)(c2cc(CC(=O)c3ccc(F)cn3)ccc2F)CS1(=O)=O. The summed E-state index contributed by atoms with van der Waals surface area (Å²) < 4.78 is 52.8. The molecule has 0 amide bonds. The number of aliphatic imine (C=N–C) groups is 1. The molecule has 0 bridgehead atoms. The van der Waals surface area contributed by atoms with Crippen LogP contribution in [0.25, 0.3) is 0 Å². The largest absolute Gasteiger partial charge is 0.386 e. The number of rotatable bonds is 5. The first kappa shape index (κ1) is 21.0. The van der Waals surface area contributed by atoms with E-state index < -0.39 is 32.3 Å². The van der Waals surface area contributed by atoms with E-state index >= 15 is 0 Å². The molecule has 1 aromatic carbocycles. The maximum atomic E-state index is 14.6. The third-order valence-corrected chi connectivity index (χ3v) is 7.39. The van der Waals surface area contributed by atoms with Crippen LogP contribution in [0.2, 0.25) is 0 Å². The van der Waals surface area contributed by atoms with Crippen molar-refractivity contribution >= 4 is 21.5 Å². The van der Waals surface area contributed by atoms with Crippen molar-refractivity contribution in [3.05, 3.63) is 65.0 Å². The van der Waals surface area contributed by atoms with E-state index in [0.717, 1.165) is 12.3 Å². The zero-order valence-electron chi connectivity index (χ0n) is 16.0. The molecule has 1 aromatic heterocycles. The number of amidine groups is 1. The van der Waals surface area contributed by atoms with E-state index in [1.807, 2.05) is 0 Å². The molecule has 9 heteroatoms. The number of carbonyl (C=O) groups excluding carboxylic acids is 1. The molecule has 2 aromatic rings. The van der Waals surface area contributed by atoms with Crippen LogP contribution in [0, 0.1) is 11.6 Å². The lowest BCUT2D eigenvalue weighted by atomic mass is 9.91. The van der Waals surface area contributed by atoms with E-state index in [1.165, 1.54) is 31.2 Å². The summed E-state index contributed by atoms with van der Waals surface area (Å²) in [5.74, 6) is -1.99.